The van der Waals surface area contributed by atoms with Gasteiger partial charge < -0.3 is 48.8 Å². The first kappa shape index (κ1) is 38.7. The Kier molecular flexibility index (Phi) is 10.0. The number of carboxylic acid groups (broad SMARTS) is 2. The SMILES string of the molecule is COc1ccc2c(c1OC)C(=O)O[C@@H]2[C@H]1c2c(cc3c(c2OC)OCO3)CCN1C.O=C(O)c1cc2ccccc2c(Cc2c(O)c(C(=O)O)cc3ccccc23)c1O. The van der Waals surface area contributed by atoms with E-state index in [1.165, 1.54) is 19.2 Å². The van der Waals surface area contributed by atoms with Crippen LogP contribution in [0.15, 0.2) is 78.9 Å². The van der Waals surface area contributed by atoms with Crippen LogP contribution in [0.5, 0.6) is 40.2 Å². The molecule has 0 aromatic heterocycles. The Labute approximate surface area is 337 Å². The quantitative estimate of drug-likeness (QED) is 0.112. The largest absolute Gasteiger partial charge is 0.507 e. The van der Waals surface area contributed by atoms with E-state index in [0.717, 1.165) is 29.7 Å². The minimum Gasteiger partial charge on any atom is -0.507 e. The first-order valence-corrected chi connectivity index (χ1v) is 18.6. The molecule has 3 heterocycles. The molecule has 6 aromatic carbocycles. The number of benzene rings is 6. The molecule has 0 fully saturated rings. The molecular weight excluding hydrogens is 762 g/mol. The lowest BCUT2D eigenvalue weighted by Gasteiger charge is -2.38. The Hall–Kier alpha value is -7.19. The van der Waals surface area contributed by atoms with Crippen molar-refractivity contribution in [3.05, 3.63) is 123 Å². The van der Waals surface area contributed by atoms with E-state index in [1.54, 1.807) is 68.8 Å². The van der Waals surface area contributed by atoms with Crippen LogP contribution in [0.1, 0.15) is 71.0 Å². The standard InChI is InChI=1S/C23H16O6.C22H23NO7/c24-20-16(14-7-3-1-5-12(14)9-18(20)22(26)27)11-17-15-8-4-2-6-13(15)10-19(21(17)25)23(28)29;1-23-8-7-11-9-14-20(29-10-28-14)21(27-4)15(11)17(23)18-12-5-6-13(25-2)19(26-3)16(12)22(24)30-18/h1-10,24-25H,11H2,(H,26,27)(H,28,29);5-6,9,17-18H,7-8,10H2,1-4H3/t;17-,18+/m.1/s1. The third-order valence-corrected chi connectivity index (χ3v) is 11.1. The normalized spacial score (nSPS) is 16.4. The number of likely N-dealkylation sites (N-methyl/N-ethyl adjacent to an activating group) is 1. The van der Waals surface area contributed by atoms with E-state index >= 15 is 0 Å². The van der Waals surface area contributed by atoms with Crippen molar-refractivity contribution in [3.63, 3.8) is 0 Å². The number of carbonyl (C=O) groups is 3. The molecule has 3 aliphatic heterocycles. The van der Waals surface area contributed by atoms with Gasteiger partial charge in [0, 0.05) is 35.2 Å². The Morgan fingerprint density at radius 3 is 1.93 bits per heavy atom. The Morgan fingerprint density at radius 1 is 0.780 bits per heavy atom. The van der Waals surface area contributed by atoms with Crippen molar-refractivity contribution in [1.82, 2.24) is 4.90 Å². The number of hydrogen-bond donors (Lipinski definition) is 4. The van der Waals surface area contributed by atoms with Crippen molar-refractivity contribution in [3.8, 4) is 40.2 Å². The van der Waals surface area contributed by atoms with Crippen LogP contribution in [-0.2, 0) is 17.6 Å². The smallest absolute Gasteiger partial charge is 0.343 e. The van der Waals surface area contributed by atoms with Crippen LogP contribution in [0, 0.1) is 0 Å². The third kappa shape index (κ3) is 6.47. The van der Waals surface area contributed by atoms with Gasteiger partial charge in [-0.05, 0) is 64.8 Å². The summed E-state index contributed by atoms with van der Waals surface area (Å²) in [6, 6.07) is 22.2. The van der Waals surface area contributed by atoms with Gasteiger partial charge in [0.1, 0.15) is 34.3 Å². The first-order chi connectivity index (χ1) is 28.5. The van der Waals surface area contributed by atoms with Gasteiger partial charge in [-0.1, -0.05) is 54.6 Å². The van der Waals surface area contributed by atoms with Crippen LogP contribution in [0.3, 0.4) is 0 Å². The van der Waals surface area contributed by atoms with Gasteiger partial charge in [0.15, 0.2) is 23.0 Å². The molecule has 0 aliphatic carbocycles. The van der Waals surface area contributed by atoms with E-state index in [4.69, 9.17) is 28.4 Å². The molecule has 0 amide bonds. The fourth-order valence-corrected chi connectivity index (χ4v) is 8.40. The number of fused-ring (bicyclic) bond motifs is 5. The van der Waals surface area contributed by atoms with Crippen LogP contribution in [-0.4, -0.2) is 84.9 Å². The van der Waals surface area contributed by atoms with Crippen LogP contribution >= 0.6 is 0 Å². The van der Waals surface area contributed by atoms with Crippen molar-refractivity contribution < 1.29 is 63.2 Å². The highest BCUT2D eigenvalue weighted by Crippen LogP contribution is 2.55. The highest BCUT2D eigenvalue weighted by atomic mass is 16.7. The number of hydrogen-bond acceptors (Lipinski definition) is 12. The number of nitrogens with zero attached hydrogens (tertiary/aromatic N) is 1. The van der Waals surface area contributed by atoms with Crippen LogP contribution in [0.4, 0.5) is 0 Å². The molecule has 0 radical (unpaired) electrons. The summed E-state index contributed by atoms with van der Waals surface area (Å²) in [5, 5.41) is 42.8. The highest BCUT2D eigenvalue weighted by molar-refractivity contribution is 6.02. The molecule has 0 spiro atoms. The second-order valence-electron chi connectivity index (χ2n) is 14.2. The Balaban J connectivity index is 0.000000164. The number of rotatable bonds is 8. The maximum absolute atomic E-state index is 12.9. The Bertz CT molecular complexity index is 2610. The minimum atomic E-state index is -1.28. The summed E-state index contributed by atoms with van der Waals surface area (Å²) in [4.78, 5) is 38.3. The summed E-state index contributed by atoms with van der Waals surface area (Å²) in [6.45, 7) is 0.963. The number of aromatic hydroxyl groups is 2. The molecule has 0 saturated carbocycles. The summed E-state index contributed by atoms with van der Waals surface area (Å²) in [7, 11) is 6.70. The lowest BCUT2D eigenvalue weighted by atomic mass is 9.85. The predicted octanol–water partition coefficient (Wildman–Crippen LogP) is 7.27. The summed E-state index contributed by atoms with van der Waals surface area (Å²) < 4.78 is 33.8. The van der Waals surface area contributed by atoms with Crippen molar-refractivity contribution in [1.29, 1.82) is 0 Å². The number of phenols is 2. The van der Waals surface area contributed by atoms with Crippen LogP contribution in [0.25, 0.3) is 21.5 Å². The summed E-state index contributed by atoms with van der Waals surface area (Å²) >= 11 is 0. The van der Waals surface area contributed by atoms with E-state index < -0.39 is 35.5 Å². The number of carbonyl (C=O) groups excluding carboxylic acids is 1. The molecule has 302 valence electrons. The number of cyclic esters (lactones) is 1. The minimum absolute atomic E-state index is 0.0407. The maximum Gasteiger partial charge on any atom is 0.343 e. The number of aromatic carboxylic acids is 2. The number of methoxy groups -OCH3 is 3. The van der Waals surface area contributed by atoms with Gasteiger partial charge in [0.2, 0.25) is 12.5 Å². The molecule has 59 heavy (non-hydrogen) atoms. The van der Waals surface area contributed by atoms with Crippen molar-refractivity contribution in [2.75, 3.05) is 41.7 Å². The van der Waals surface area contributed by atoms with E-state index in [9.17, 15) is 34.8 Å². The summed E-state index contributed by atoms with van der Waals surface area (Å²) in [6.07, 6.45) is 0.265. The fraction of sp³-hybridized carbons (Fsp3) is 0.222. The van der Waals surface area contributed by atoms with E-state index in [0.29, 0.717) is 67.0 Å². The lowest BCUT2D eigenvalue weighted by Crippen LogP contribution is -2.36. The van der Waals surface area contributed by atoms with Gasteiger partial charge in [0.25, 0.3) is 0 Å². The molecule has 9 rings (SSSR count). The fourth-order valence-electron chi connectivity index (χ4n) is 8.40. The van der Waals surface area contributed by atoms with Gasteiger partial charge in [-0.15, -0.1) is 0 Å². The van der Waals surface area contributed by atoms with Gasteiger partial charge in [-0.2, -0.15) is 0 Å². The zero-order valence-corrected chi connectivity index (χ0v) is 32.4. The summed E-state index contributed by atoms with van der Waals surface area (Å²) in [5.74, 6) is -0.998. The molecule has 4 N–H and O–H groups in total. The predicted molar refractivity (Wildman–Crippen MR) is 214 cm³/mol. The maximum atomic E-state index is 12.9. The zero-order chi connectivity index (χ0) is 41.7. The average molecular weight is 802 g/mol. The van der Waals surface area contributed by atoms with Crippen LogP contribution in [0.2, 0.25) is 0 Å². The summed E-state index contributed by atoms with van der Waals surface area (Å²) in [5.41, 5.74) is 3.34. The molecule has 14 heteroatoms. The van der Waals surface area contributed by atoms with Gasteiger partial charge >= 0.3 is 17.9 Å². The number of carboxylic acids is 2. The van der Waals surface area contributed by atoms with Crippen molar-refractivity contribution in [2.24, 2.45) is 0 Å². The van der Waals surface area contributed by atoms with E-state index in [2.05, 4.69) is 4.90 Å². The molecule has 3 aliphatic rings. The van der Waals surface area contributed by atoms with Crippen molar-refractivity contribution >= 4 is 39.5 Å². The molecular formula is C45H39NO13. The Morgan fingerprint density at radius 2 is 1.37 bits per heavy atom. The average Bonchev–Trinajstić information content (AvgIpc) is 3.85. The number of esters is 1. The van der Waals surface area contributed by atoms with E-state index in [1.807, 2.05) is 19.2 Å². The van der Waals surface area contributed by atoms with E-state index in [-0.39, 0.29) is 30.4 Å². The van der Waals surface area contributed by atoms with Gasteiger partial charge in [0.05, 0.1) is 27.4 Å². The monoisotopic (exact) mass is 801 g/mol. The molecule has 14 nitrogen and oxygen atoms in total. The number of ether oxygens (including phenoxy) is 6. The zero-order valence-electron chi connectivity index (χ0n) is 32.4. The first-order valence-electron chi connectivity index (χ1n) is 18.6. The second kappa shape index (κ2) is 15.3. The molecule has 0 unspecified atom stereocenters. The second-order valence-corrected chi connectivity index (χ2v) is 14.2. The molecule has 0 saturated heterocycles. The third-order valence-electron chi connectivity index (χ3n) is 11.1. The molecule has 2 atom stereocenters. The van der Waals surface area contributed by atoms with Crippen molar-refractivity contribution in [2.45, 2.75) is 25.0 Å². The van der Waals surface area contributed by atoms with Gasteiger partial charge in [-0.3, -0.25) is 4.90 Å². The van der Waals surface area contributed by atoms with Gasteiger partial charge in [-0.25, -0.2) is 14.4 Å². The molecule has 0 bridgehead atoms. The highest BCUT2D eigenvalue weighted by Gasteiger charge is 2.46. The van der Waals surface area contributed by atoms with Crippen LogP contribution < -0.4 is 23.7 Å². The molecule has 6 aromatic rings. The topological polar surface area (TPSA) is 191 Å². The lowest BCUT2D eigenvalue weighted by molar-refractivity contribution is 0.00871.